The number of hydrogen-bond acceptors (Lipinski definition) is 8. The van der Waals surface area contributed by atoms with Crippen molar-refractivity contribution in [1.82, 2.24) is 19.9 Å². The predicted molar refractivity (Wildman–Crippen MR) is 147 cm³/mol. The van der Waals surface area contributed by atoms with Crippen molar-refractivity contribution in [3.63, 3.8) is 0 Å². The number of nitriles is 1. The van der Waals surface area contributed by atoms with Crippen molar-refractivity contribution in [3.05, 3.63) is 30.0 Å². The van der Waals surface area contributed by atoms with Gasteiger partial charge in [-0.3, -0.25) is 0 Å². The number of nitrogens with one attached hydrogen (secondary N) is 3. The van der Waals surface area contributed by atoms with Gasteiger partial charge in [0.05, 0.1) is 0 Å². The summed E-state index contributed by atoms with van der Waals surface area (Å²) in [5.74, 6) is 1.75. The zero-order valence-corrected chi connectivity index (χ0v) is 22.1. The van der Waals surface area contributed by atoms with E-state index in [-0.39, 0.29) is 0 Å². The molecule has 2 aliphatic rings. The summed E-state index contributed by atoms with van der Waals surface area (Å²) in [6, 6.07) is 8.52. The molecule has 0 bridgehead atoms. The van der Waals surface area contributed by atoms with Crippen LogP contribution in [0.3, 0.4) is 0 Å². The summed E-state index contributed by atoms with van der Waals surface area (Å²) in [7, 11) is -0.893. The van der Waals surface area contributed by atoms with Crippen molar-refractivity contribution in [2.45, 2.75) is 45.1 Å². The molecule has 192 valence electrons. The van der Waals surface area contributed by atoms with Gasteiger partial charge in [-0.2, -0.15) is 0 Å². The summed E-state index contributed by atoms with van der Waals surface area (Å²) >= 11 is 0. The maximum atomic E-state index is 11.5. The minimum absolute atomic E-state index is 0.338. The zero-order chi connectivity index (χ0) is 25.1. The molecule has 3 heterocycles. The second kappa shape index (κ2) is 10.6. The van der Waals surface area contributed by atoms with E-state index in [1.807, 2.05) is 18.2 Å². The van der Waals surface area contributed by atoms with Crippen molar-refractivity contribution >= 4 is 41.3 Å². The molecule has 2 fully saturated rings. The summed E-state index contributed by atoms with van der Waals surface area (Å²) in [4.78, 5) is 26.4. The maximum absolute atomic E-state index is 11.5. The number of nitrogens with zero attached hydrogens (tertiary/aromatic N) is 4. The van der Waals surface area contributed by atoms with Gasteiger partial charge < -0.3 is 0 Å². The number of H-pyrrole nitrogens is 1. The number of ether oxygens (including phenoxy) is 1. The molecular formula is C26H36N7O2P. The van der Waals surface area contributed by atoms with Crippen LogP contribution < -0.4 is 20.7 Å². The van der Waals surface area contributed by atoms with Gasteiger partial charge in [0.25, 0.3) is 0 Å². The van der Waals surface area contributed by atoms with Crippen LogP contribution in [0, 0.1) is 11.3 Å². The molecule has 1 aromatic carbocycles. The van der Waals surface area contributed by atoms with Crippen LogP contribution in [-0.4, -0.2) is 69.9 Å². The van der Waals surface area contributed by atoms with Gasteiger partial charge in [-0.25, -0.2) is 0 Å². The third kappa shape index (κ3) is 4.99. The van der Waals surface area contributed by atoms with Crippen molar-refractivity contribution in [2.75, 3.05) is 49.7 Å². The summed E-state index contributed by atoms with van der Waals surface area (Å²) in [5, 5.41) is 18.2. The van der Waals surface area contributed by atoms with Crippen LogP contribution in [0.5, 0.6) is 5.75 Å². The van der Waals surface area contributed by atoms with Crippen molar-refractivity contribution < 1.29 is 9.63 Å². The number of aromatic nitrogens is 3. The summed E-state index contributed by atoms with van der Waals surface area (Å²) in [6.45, 7) is 5.06. The van der Waals surface area contributed by atoms with Crippen molar-refractivity contribution in [2.24, 2.45) is 0 Å². The monoisotopic (exact) mass is 509 g/mol. The number of benzene rings is 1. The van der Waals surface area contributed by atoms with Crippen LogP contribution in [0.4, 0.5) is 17.5 Å². The van der Waals surface area contributed by atoms with E-state index in [1.54, 1.807) is 13.3 Å². The summed E-state index contributed by atoms with van der Waals surface area (Å²) in [6.07, 6.45) is 9.21. The third-order valence-electron chi connectivity index (χ3n) is 7.71. The average Bonchev–Trinajstić information content (AvgIpc) is 3.33. The number of anilines is 3. The van der Waals surface area contributed by atoms with Crippen LogP contribution in [0.25, 0.3) is 11.0 Å². The first-order valence-corrected chi connectivity index (χ1v) is 15.3. The first kappa shape index (κ1) is 24.8. The van der Waals surface area contributed by atoms with Gasteiger partial charge in [0, 0.05) is 0 Å². The quantitative estimate of drug-likeness (QED) is 0.353. The second-order valence-corrected chi connectivity index (χ2v) is 13.6. The molecule has 0 spiro atoms. The average molecular weight is 510 g/mol. The molecular weight excluding hydrogens is 473 g/mol. The molecule has 0 amide bonds. The van der Waals surface area contributed by atoms with Gasteiger partial charge in [0.15, 0.2) is 0 Å². The number of rotatable bonds is 7. The van der Waals surface area contributed by atoms with Crippen molar-refractivity contribution in [1.29, 1.82) is 5.26 Å². The fourth-order valence-electron chi connectivity index (χ4n) is 5.45. The van der Waals surface area contributed by atoms with Gasteiger partial charge in [-0.1, -0.05) is 6.42 Å². The van der Waals surface area contributed by atoms with E-state index < -0.39 is 7.49 Å². The molecule has 5 rings (SSSR count). The van der Waals surface area contributed by atoms with Crippen LogP contribution in [0.15, 0.2) is 24.4 Å². The van der Waals surface area contributed by atoms with Crippen LogP contribution >= 0.6 is 7.49 Å². The first-order valence-electron chi connectivity index (χ1n) is 13.0. The Morgan fingerprint density at radius 3 is 2.69 bits per heavy atom. The second-order valence-electron chi connectivity index (χ2n) is 9.92. The standard InChI is InChI=1S/C26H36N7O2P/c1-3-33-11-13-36(34,14-12-33)20-9-10-21(22(15-20)35-2)30-26-31-24-23(18(16-27)17-28-24)25(32-26)29-19-7-5-4-6-8-19/h9-10,15,17,19,34,36H,3-8,11-14H2,1-2H3,(H3,28,29,30,31,32). The van der Waals surface area contributed by atoms with Crippen LogP contribution in [0.2, 0.25) is 0 Å². The number of aromatic amines is 1. The Labute approximate surface area is 212 Å². The third-order valence-corrected chi connectivity index (χ3v) is 11.2. The molecule has 1 saturated heterocycles. The molecule has 1 saturated carbocycles. The molecule has 0 radical (unpaired) electrons. The van der Waals surface area contributed by atoms with Gasteiger partial charge >= 0.3 is 206 Å². The van der Waals surface area contributed by atoms with Crippen molar-refractivity contribution in [3.8, 4) is 11.8 Å². The van der Waals surface area contributed by atoms with Gasteiger partial charge in [0.2, 0.25) is 0 Å². The molecule has 1 aliphatic carbocycles. The van der Waals surface area contributed by atoms with E-state index in [4.69, 9.17) is 9.72 Å². The Morgan fingerprint density at radius 2 is 2.00 bits per heavy atom. The van der Waals surface area contributed by atoms with Gasteiger partial charge in [-0.15, -0.1) is 0 Å². The van der Waals surface area contributed by atoms with E-state index in [2.05, 4.69) is 38.5 Å². The molecule has 4 N–H and O–H groups in total. The molecule has 3 aromatic rings. The van der Waals surface area contributed by atoms with Gasteiger partial charge in [-0.05, 0) is 0 Å². The van der Waals surface area contributed by atoms with E-state index >= 15 is 0 Å². The van der Waals surface area contributed by atoms with E-state index in [9.17, 15) is 10.2 Å². The Hall–Kier alpha value is -2.92. The number of hydrogen-bond donors (Lipinski definition) is 4. The van der Waals surface area contributed by atoms with E-state index in [0.29, 0.717) is 34.8 Å². The molecule has 0 unspecified atom stereocenters. The number of methoxy groups -OCH3 is 1. The topological polar surface area (TPSA) is 122 Å². The Balaban J connectivity index is 1.43. The molecule has 10 heteroatoms. The predicted octanol–water partition coefficient (Wildman–Crippen LogP) is 3.94. The summed E-state index contributed by atoms with van der Waals surface area (Å²) < 4.78 is 5.71. The first-order chi connectivity index (χ1) is 17.5. The fraction of sp³-hybridized carbons (Fsp3) is 0.500. The normalized spacial score (nSPS) is 19.5. The Kier molecular flexibility index (Phi) is 7.29. The van der Waals surface area contributed by atoms with E-state index in [0.717, 1.165) is 61.2 Å². The zero-order valence-electron chi connectivity index (χ0n) is 21.1. The fourth-order valence-corrected chi connectivity index (χ4v) is 8.45. The number of fused-ring (bicyclic) bond motifs is 1. The molecule has 1 aliphatic heterocycles. The van der Waals surface area contributed by atoms with Crippen LogP contribution in [-0.2, 0) is 0 Å². The molecule has 0 atom stereocenters. The molecule has 2 aromatic heterocycles. The minimum atomic E-state index is -2.53. The Morgan fingerprint density at radius 1 is 1.22 bits per heavy atom. The van der Waals surface area contributed by atoms with Gasteiger partial charge in [0.1, 0.15) is 0 Å². The molecule has 36 heavy (non-hydrogen) atoms. The SMILES string of the molecule is CCN1CC[PH](O)(c2ccc(Nc3nc(NC4CCCCC4)c4c(C#N)c[nH]c4n3)c(OC)c2)CC1. The van der Waals surface area contributed by atoms with Crippen LogP contribution in [0.1, 0.15) is 44.6 Å². The summed E-state index contributed by atoms with van der Waals surface area (Å²) in [5.41, 5.74) is 1.88. The Bertz CT molecular complexity index is 1260. The van der Waals surface area contributed by atoms with E-state index in [1.165, 1.54) is 19.3 Å². The molecule has 9 nitrogen and oxygen atoms in total.